The number of fused-ring (bicyclic) bond motifs is 1. The van der Waals surface area contributed by atoms with E-state index in [2.05, 4.69) is 15.7 Å². The molecule has 0 spiro atoms. The van der Waals surface area contributed by atoms with E-state index in [1.807, 2.05) is 0 Å². The van der Waals surface area contributed by atoms with Crippen LogP contribution in [0, 0.1) is 0 Å². The van der Waals surface area contributed by atoms with Crippen molar-refractivity contribution in [3.63, 3.8) is 0 Å². The van der Waals surface area contributed by atoms with Gasteiger partial charge < -0.3 is 15.1 Å². The van der Waals surface area contributed by atoms with Crippen molar-refractivity contribution in [1.82, 2.24) is 15.1 Å². The Morgan fingerprint density at radius 1 is 0.943 bits per heavy atom. The van der Waals surface area contributed by atoms with Gasteiger partial charge in [-0.15, -0.1) is 0 Å². The Balaban J connectivity index is 1.35. The lowest BCUT2D eigenvalue weighted by Gasteiger charge is -2.15. The molecule has 35 heavy (non-hydrogen) atoms. The maximum Gasteiger partial charge on any atom is 0.274 e. The molecule has 4 aromatic rings. The molecule has 174 valence electrons. The molecule has 1 aliphatic rings. The molecule has 0 saturated carbocycles. The normalized spacial score (nSPS) is 12.5. The van der Waals surface area contributed by atoms with Crippen LogP contribution in [0.4, 0.5) is 11.4 Å². The van der Waals surface area contributed by atoms with Crippen LogP contribution in [0.25, 0.3) is 0 Å². The Morgan fingerprint density at radius 2 is 1.69 bits per heavy atom. The van der Waals surface area contributed by atoms with Crippen molar-refractivity contribution in [1.29, 1.82) is 0 Å². The van der Waals surface area contributed by atoms with Gasteiger partial charge in [-0.2, -0.15) is 5.10 Å². The van der Waals surface area contributed by atoms with Crippen LogP contribution < -0.4 is 15.5 Å². The molecule has 0 bridgehead atoms. The van der Waals surface area contributed by atoms with Crippen LogP contribution in [0.15, 0.2) is 77.5 Å². The largest absolute Gasteiger partial charge is 0.467 e. The highest BCUT2D eigenvalue weighted by Crippen LogP contribution is 2.29. The van der Waals surface area contributed by atoms with Gasteiger partial charge in [0.25, 0.3) is 23.6 Å². The number of benzene rings is 2. The van der Waals surface area contributed by atoms with Gasteiger partial charge >= 0.3 is 0 Å². The van der Waals surface area contributed by atoms with Crippen LogP contribution in [0.3, 0.4) is 0 Å². The zero-order valence-corrected chi connectivity index (χ0v) is 18.5. The molecule has 2 aromatic carbocycles. The van der Waals surface area contributed by atoms with Crippen LogP contribution in [0.2, 0.25) is 0 Å². The summed E-state index contributed by atoms with van der Waals surface area (Å²) < 4.78 is 6.61. The van der Waals surface area contributed by atoms with E-state index < -0.39 is 23.6 Å². The number of nitrogens with one attached hydrogen (secondary N) is 2. The highest BCUT2D eigenvalue weighted by atomic mass is 16.3. The smallest absolute Gasteiger partial charge is 0.274 e. The van der Waals surface area contributed by atoms with Gasteiger partial charge in [-0.25, -0.2) is 4.90 Å². The minimum absolute atomic E-state index is 0.0314. The zero-order valence-electron chi connectivity index (χ0n) is 18.5. The summed E-state index contributed by atoms with van der Waals surface area (Å²) in [6.45, 7) is 0.165. The number of carbonyl (C=O) groups excluding carboxylic acids is 4. The Morgan fingerprint density at radius 3 is 2.37 bits per heavy atom. The number of hydrogen-bond donors (Lipinski definition) is 2. The van der Waals surface area contributed by atoms with Crippen molar-refractivity contribution in [3.05, 3.63) is 101 Å². The quantitative estimate of drug-likeness (QED) is 0.418. The molecule has 3 heterocycles. The lowest BCUT2D eigenvalue weighted by atomic mass is 10.1. The molecule has 1 aliphatic heterocycles. The number of carbonyl (C=O) groups is 4. The first kappa shape index (κ1) is 21.8. The average molecular weight is 469 g/mol. The molecule has 0 unspecified atom stereocenters. The molecular formula is C25H19N5O5. The van der Waals surface area contributed by atoms with Gasteiger partial charge in [0.15, 0.2) is 5.69 Å². The van der Waals surface area contributed by atoms with Crippen LogP contribution in [0.5, 0.6) is 0 Å². The molecule has 0 aliphatic carbocycles. The number of aromatic nitrogens is 2. The molecule has 2 aromatic heterocycles. The molecule has 0 saturated heterocycles. The molecule has 0 atom stereocenters. The zero-order chi connectivity index (χ0) is 24.5. The topological polar surface area (TPSA) is 127 Å². The number of anilines is 2. The Labute approximate surface area is 199 Å². The molecule has 5 rings (SSSR count). The van der Waals surface area contributed by atoms with Crippen molar-refractivity contribution in [2.75, 3.05) is 10.2 Å². The molecule has 10 heteroatoms. The standard InChI is InChI=1S/C25H19N5O5/c1-29-14-20(21(28-29)23(32)26-13-17-8-5-11-35-17)27-22(31)15-6-4-7-16(12-15)30-24(33)18-9-2-3-10-19(18)25(30)34/h2-12,14H,13H2,1H3,(H,26,32)(H,27,31). The number of aryl methyl sites for hydroxylation is 1. The van der Waals surface area contributed by atoms with Crippen molar-refractivity contribution in [2.24, 2.45) is 7.05 Å². The second-order valence-corrected chi connectivity index (χ2v) is 7.82. The number of nitrogens with zero attached hydrogens (tertiary/aromatic N) is 3. The minimum Gasteiger partial charge on any atom is -0.467 e. The van der Waals surface area contributed by atoms with E-state index in [-0.39, 0.29) is 29.2 Å². The maximum absolute atomic E-state index is 13.0. The predicted molar refractivity (Wildman–Crippen MR) is 125 cm³/mol. The van der Waals surface area contributed by atoms with Crippen molar-refractivity contribution in [2.45, 2.75) is 6.54 Å². The second kappa shape index (κ2) is 8.75. The fourth-order valence-electron chi connectivity index (χ4n) is 3.82. The fourth-order valence-corrected chi connectivity index (χ4v) is 3.82. The predicted octanol–water partition coefficient (Wildman–Crippen LogP) is 3.00. The number of furan rings is 1. The lowest BCUT2D eigenvalue weighted by Crippen LogP contribution is -2.29. The van der Waals surface area contributed by atoms with E-state index in [0.29, 0.717) is 16.9 Å². The van der Waals surface area contributed by atoms with E-state index in [4.69, 9.17) is 4.42 Å². The van der Waals surface area contributed by atoms with E-state index in [1.54, 1.807) is 61.6 Å². The highest BCUT2D eigenvalue weighted by molar-refractivity contribution is 6.34. The molecule has 2 N–H and O–H groups in total. The summed E-state index contributed by atoms with van der Waals surface area (Å²) in [5.41, 5.74) is 1.33. The maximum atomic E-state index is 13.0. The van der Waals surface area contributed by atoms with E-state index >= 15 is 0 Å². The first-order valence-corrected chi connectivity index (χ1v) is 10.7. The SMILES string of the molecule is Cn1cc(NC(=O)c2cccc(N3C(=O)c4ccccc4C3=O)c2)c(C(=O)NCc2ccco2)n1. The third kappa shape index (κ3) is 4.08. The third-order valence-corrected chi connectivity index (χ3v) is 5.46. The summed E-state index contributed by atoms with van der Waals surface area (Å²) in [7, 11) is 1.63. The van der Waals surface area contributed by atoms with Gasteiger partial charge in [-0.3, -0.25) is 23.9 Å². The van der Waals surface area contributed by atoms with E-state index in [1.165, 1.54) is 23.2 Å². The van der Waals surface area contributed by atoms with Crippen LogP contribution >= 0.6 is 0 Å². The average Bonchev–Trinajstić information content (AvgIpc) is 3.57. The number of rotatable bonds is 6. The molecule has 4 amide bonds. The van der Waals surface area contributed by atoms with Crippen molar-refractivity contribution >= 4 is 35.0 Å². The van der Waals surface area contributed by atoms with E-state index in [0.717, 1.165) is 4.90 Å². The van der Waals surface area contributed by atoms with Gasteiger partial charge in [0.1, 0.15) is 5.76 Å². The van der Waals surface area contributed by atoms with Crippen molar-refractivity contribution in [3.8, 4) is 0 Å². The minimum atomic E-state index is -0.531. The summed E-state index contributed by atoms with van der Waals surface area (Å²) in [6, 6.07) is 16.1. The Bertz CT molecular complexity index is 1440. The van der Waals surface area contributed by atoms with Crippen LogP contribution in [0.1, 0.15) is 47.3 Å². The van der Waals surface area contributed by atoms with Gasteiger partial charge in [0, 0.05) is 18.8 Å². The molecular weight excluding hydrogens is 450 g/mol. The first-order chi connectivity index (χ1) is 16.9. The number of amides is 4. The summed E-state index contributed by atoms with van der Waals surface area (Å²) in [4.78, 5) is 52.3. The molecule has 10 nitrogen and oxygen atoms in total. The monoisotopic (exact) mass is 469 g/mol. The number of imide groups is 1. The molecule has 0 fully saturated rings. The van der Waals surface area contributed by atoms with Crippen LogP contribution in [-0.4, -0.2) is 33.4 Å². The number of hydrogen-bond acceptors (Lipinski definition) is 6. The van der Waals surface area contributed by atoms with Gasteiger partial charge in [0.05, 0.1) is 35.3 Å². The summed E-state index contributed by atoms with van der Waals surface area (Å²) in [6.07, 6.45) is 3.01. The Kier molecular flexibility index (Phi) is 5.46. The van der Waals surface area contributed by atoms with Gasteiger partial charge in [0.2, 0.25) is 0 Å². The summed E-state index contributed by atoms with van der Waals surface area (Å²) >= 11 is 0. The van der Waals surface area contributed by atoms with Crippen LogP contribution in [-0.2, 0) is 13.6 Å². The van der Waals surface area contributed by atoms with Gasteiger partial charge in [-0.05, 0) is 42.5 Å². The van der Waals surface area contributed by atoms with E-state index in [9.17, 15) is 19.2 Å². The van der Waals surface area contributed by atoms with Gasteiger partial charge in [-0.1, -0.05) is 18.2 Å². The summed E-state index contributed by atoms with van der Waals surface area (Å²) in [5.74, 6) is -1.35. The third-order valence-electron chi connectivity index (χ3n) is 5.46. The van der Waals surface area contributed by atoms with Crippen molar-refractivity contribution < 1.29 is 23.6 Å². The lowest BCUT2D eigenvalue weighted by molar-refractivity contribution is 0.0919. The fraction of sp³-hybridized carbons (Fsp3) is 0.0800. The first-order valence-electron chi connectivity index (χ1n) is 10.7. The Hall–Kier alpha value is -4.99. The highest BCUT2D eigenvalue weighted by Gasteiger charge is 2.36. The summed E-state index contributed by atoms with van der Waals surface area (Å²) in [5, 5.41) is 9.52. The molecule has 0 radical (unpaired) electrons. The second-order valence-electron chi connectivity index (χ2n) is 7.82.